The van der Waals surface area contributed by atoms with Crippen molar-refractivity contribution in [2.45, 2.75) is 0 Å². The number of nitrogens with zero attached hydrogens (tertiary/aromatic N) is 2. The van der Waals surface area contributed by atoms with E-state index in [1.165, 1.54) is 0 Å². The first-order valence-corrected chi connectivity index (χ1v) is 9.25. The van der Waals surface area contributed by atoms with E-state index in [1.54, 1.807) is 12.3 Å². The number of halogens is 1. The van der Waals surface area contributed by atoms with Crippen LogP contribution in [0.2, 0.25) is 0 Å². The Morgan fingerprint density at radius 3 is 2.52 bits per heavy atom. The molecule has 0 saturated carbocycles. The minimum absolute atomic E-state index is 0.237. The summed E-state index contributed by atoms with van der Waals surface area (Å²) in [6.45, 7) is 0. The monoisotopic (exact) mass is 417 g/mol. The Morgan fingerprint density at radius 2 is 1.70 bits per heavy atom. The Labute approximate surface area is 165 Å². The third kappa shape index (κ3) is 3.83. The Bertz CT molecular complexity index is 1130. The number of rotatable bonds is 4. The summed E-state index contributed by atoms with van der Waals surface area (Å²) in [4.78, 5) is 12.4. The number of amides is 1. The maximum Gasteiger partial charge on any atom is 0.271 e. The number of hydrogen-bond donors (Lipinski definition) is 1. The zero-order valence-corrected chi connectivity index (χ0v) is 15.9. The second kappa shape index (κ2) is 7.60. The highest BCUT2D eigenvalue weighted by molar-refractivity contribution is 9.10. The van der Waals surface area contributed by atoms with Gasteiger partial charge in [-0.1, -0.05) is 46.3 Å². The van der Waals surface area contributed by atoms with Crippen LogP contribution in [0.5, 0.6) is 0 Å². The minimum Gasteiger partial charge on any atom is -0.316 e. The lowest BCUT2D eigenvalue weighted by Crippen LogP contribution is -2.17. The molecular weight excluding hydrogens is 402 g/mol. The average Bonchev–Trinajstić information content (AvgIpc) is 3.16. The van der Waals surface area contributed by atoms with Gasteiger partial charge < -0.3 is 4.57 Å². The van der Waals surface area contributed by atoms with Crippen LogP contribution >= 0.6 is 15.9 Å². The molecule has 0 unspecified atom stereocenters. The van der Waals surface area contributed by atoms with E-state index in [0.717, 1.165) is 26.6 Å². The van der Waals surface area contributed by atoms with Crippen LogP contribution in [-0.4, -0.2) is 16.7 Å². The second-order valence-corrected chi connectivity index (χ2v) is 6.96. The first-order chi connectivity index (χ1) is 13.2. The second-order valence-electron chi connectivity index (χ2n) is 6.04. The van der Waals surface area contributed by atoms with Gasteiger partial charge in [-0.25, -0.2) is 5.43 Å². The minimum atomic E-state index is -0.237. The van der Waals surface area contributed by atoms with E-state index in [1.807, 2.05) is 83.6 Å². The van der Waals surface area contributed by atoms with Crippen LogP contribution in [0.15, 0.2) is 94.6 Å². The average molecular weight is 418 g/mol. The number of benzene rings is 3. The van der Waals surface area contributed by atoms with Crippen molar-refractivity contribution in [3.63, 3.8) is 0 Å². The van der Waals surface area contributed by atoms with Crippen LogP contribution in [0.3, 0.4) is 0 Å². The number of hydrogen-bond acceptors (Lipinski definition) is 2. The molecule has 4 nitrogen and oxygen atoms in total. The van der Waals surface area contributed by atoms with Crippen LogP contribution in [-0.2, 0) is 0 Å². The van der Waals surface area contributed by atoms with Gasteiger partial charge in [-0.15, -0.1) is 0 Å². The highest BCUT2D eigenvalue weighted by Crippen LogP contribution is 2.17. The molecule has 0 aliphatic carbocycles. The van der Waals surface area contributed by atoms with Gasteiger partial charge in [-0.3, -0.25) is 4.79 Å². The van der Waals surface area contributed by atoms with E-state index in [4.69, 9.17) is 0 Å². The third-order valence-corrected chi connectivity index (χ3v) is 4.79. The molecule has 0 radical (unpaired) electrons. The van der Waals surface area contributed by atoms with Gasteiger partial charge in [0.05, 0.1) is 11.9 Å². The molecule has 27 heavy (non-hydrogen) atoms. The molecular formula is C22H16BrN3O. The smallest absolute Gasteiger partial charge is 0.271 e. The van der Waals surface area contributed by atoms with Crippen molar-refractivity contribution < 1.29 is 4.79 Å². The maximum atomic E-state index is 12.4. The van der Waals surface area contributed by atoms with Crippen LogP contribution < -0.4 is 5.43 Å². The highest BCUT2D eigenvalue weighted by atomic mass is 79.9. The van der Waals surface area contributed by atoms with Crippen LogP contribution in [0, 0.1) is 0 Å². The van der Waals surface area contributed by atoms with Gasteiger partial charge in [-0.2, -0.15) is 5.10 Å². The number of carbonyl (C=O) groups excluding carboxylic acids is 1. The molecule has 0 bridgehead atoms. The van der Waals surface area contributed by atoms with E-state index in [-0.39, 0.29) is 5.91 Å². The lowest BCUT2D eigenvalue weighted by atomic mass is 10.1. The van der Waals surface area contributed by atoms with Crippen molar-refractivity contribution in [2.75, 3.05) is 0 Å². The molecule has 4 aromatic rings. The van der Waals surface area contributed by atoms with Crippen molar-refractivity contribution in [1.82, 2.24) is 9.99 Å². The standard InChI is InChI=1S/C22H16BrN3O/c23-19-9-11-20(12-10-19)26-13-3-6-21(26)15-24-25-22(27)18-8-7-16-4-1-2-5-17(16)14-18/h1-15H,(H,25,27)/b24-15-. The molecule has 0 aliphatic rings. The van der Waals surface area contributed by atoms with Gasteiger partial charge in [0.2, 0.25) is 0 Å². The molecule has 1 aromatic heterocycles. The quantitative estimate of drug-likeness (QED) is 0.361. The largest absolute Gasteiger partial charge is 0.316 e. The van der Waals surface area contributed by atoms with E-state index in [9.17, 15) is 4.79 Å². The molecule has 0 fully saturated rings. The fourth-order valence-corrected chi connectivity index (χ4v) is 3.15. The zero-order chi connectivity index (χ0) is 18.6. The van der Waals surface area contributed by atoms with Gasteiger partial charge >= 0.3 is 0 Å². The van der Waals surface area contributed by atoms with Gasteiger partial charge in [0, 0.05) is 21.9 Å². The molecule has 1 N–H and O–H groups in total. The van der Waals surface area contributed by atoms with Crippen molar-refractivity contribution in [1.29, 1.82) is 0 Å². The SMILES string of the molecule is O=C(N/N=C\c1cccn1-c1ccc(Br)cc1)c1ccc2ccccc2c1. The van der Waals surface area contributed by atoms with E-state index >= 15 is 0 Å². The first kappa shape index (κ1) is 17.2. The molecule has 132 valence electrons. The van der Waals surface area contributed by atoms with Crippen LogP contribution in [0.25, 0.3) is 16.5 Å². The molecule has 4 rings (SSSR count). The summed E-state index contributed by atoms with van der Waals surface area (Å²) in [5, 5.41) is 6.25. The lowest BCUT2D eigenvalue weighted by Gasteiger charge is -2.06. The predicted molar refractivity (Wildman–Crippen MR) is 112 cm³/mol. The summed E-state index contributed by atoms with van der Waals surface area (Å²) in [5.74, 6) is -0.237. The molecule has 1 heterocycles. The first-order valence-electron chi connectivity index (χ1n) is 8.46. The molecule has 5 heteroatoms. The Hall–Kier alpha value is -3.18. The number of nitrogens with one attached hydrogen (secondary N) is 1. The normalized spacial score (nSPS) is 11.1. The number of carbonyl (C=O) groups is 1. The lowest BCUT2D eigenvalue weighted by molar-refractivity contribution is 0.0955. The predicted octanol–water partition coefficient (Wildman–Crippen LogP) is 5.16. The van der Waals surface area contributed by atoms with Crippen molar-refractivity contribution >= 4 is 38.8 Å². The molecule has 0 saturated heterocycles. The van der Waals surface area contributed by atoms with Gasteiger partial charge in [-0.05, 0) is 59.3 Å². The van der Waals surface area contributed by atoms with Crippen molar-refractivity contribution in [3.05, 3.63) is 101 Å². The van der Waals surface area contributed by atoms with Crippen molar-refractivity contribution in [3.8, 4) is 5.69 Å². The molecule has 0 atom stereocenters. The molecule has 0 aliphatic heterocycles. The Balaban J connectivity index is 1.50. The summed E-state index contributed by atoms with van der Waals surface area (Å²) in [7, 11) is 0. The molecule has 0 spiro atoms. The van der Waals surface area contributed by atoms with E-state index < -0.39 is 0 Å². The highest BCUT2D eigenvalue weighted by Gasteiger charge is 2.06. The van der Waals surface area contributed by atoms with Gasteiger partial charge in [0.15, 0.2) is 0 Å². The summed E-state index contributed by atoms with van der Waals surface area (Å²) in [6.07, 6.45) is 3.59. The van der Waals surface area contributed by atoms with E-state index in [0.29, 0.717) is 5.56 Å². The van der Waals surface area contributed by atoms with Gasteiger partial charge in [0.1, 0.15) is 0 Å². The number of aromatic nitrogens is 1. The van der Waals surface area contributed by atoms with Crippen LogP contribution in [0.4, 0.5) is 0 Å². The summed E-state index contributed by atoms with van der Waals surface area (Å²) in [5.41, 5.74) is 5.07. The third-order valence-electron chi connectivity index (χ3n) is 4.26. The zero-order valence-electron chi connectivity index (χ0n) is 14.3. The summed E-state index contributed by atoms with van der Waals surface area (Å²) < 4.78 is 3.02. The van der Waals surface area contributed by atoms with Crippen LogP contribution in [0.1, 0.15) is 16.1 Å². The Morgan fingerprint density at radius 1 is 0.926 bits per heavy atom. The molecule has 3 aromatic carbocycles. The molecule has 1 amide bonds. The summed E-state index contributed by atoms with van der Waals surface area (Å²) in [6, 6.07) is 25.4. The van der Waals surface area contributed by atoms with Gasteiger partial charge in [0.25, 0.3) is 5.91 Å². The van der Waals surface area contributed by atoms with Crippen molar-refractivity contribution in [2.24, 2.45) is 5.10 Å². The van der Waals surface area contributed by atoms with E-state index in [2.05, 4.69) is 26.5 Å². The maximum absolute atomic E-state index is 12.4. The summed E-state index contributed by atoms with van der Waals surface area (Å²) >= 11 is 3.44. The Kier molecular flexibility index (Phi) is 4.85. The fourth-order valence-electron chi connectivity index (χ4n) is 2.89. The number of fused-ring (bicyclic) bond motifs is 1. The topological polar surface area (TPSA) is 46.4 Å². The number of hydrazone groups is 1. The fraction of sp³-hybridized carbons (Fsp3) is 0.